The molecule has 0 aromatic heterocycles. The molecule has 1 aromatic carbocycles. The largest absolute Gasteiger partial charge is 0.390 e. The van der Waals surface area contributed by atoms with Gasteiger partial charge >= 0.3 is 0 Å². The van der Waals surface area contributed by atoms with Crippen molar-refractivity contribution in [1.29, 1.82) is 0 Å². The van der Waals surface area contributed by atoms with Gasteiger partial charge in [0.05, 0.1) is 21.8 Å². The Morgan fingerprint density at radius 2 is 1.43 bits per heavy atom. The molecule has 5 heteroatoms. The zero-order chi connectivity index (χ0) is 25.3. The van der Waals surface area contributed by atoms with Crippen LogP contribution in [0.15, 0.2) is 12.1 Å². The summed E-state index contributed by atoms with van der Waals surface area (Å²) in [6.07, 6.45) is 14.5. The molecule has 3 aliphatic carbocycles. The molecule has 3 N–H and O–H groups in total. The quantitative estimate of drug-likeness (QED) is 0.332. The number of unbranched alkanes of at least 4 members (excludes halogenated alkanes) is 2. The summed E-state index contributed by atoms with van der Waals surface area (Å²) in [5.41, 5.74) is -1.20. The van der Waals surface area contributed by atoms with Gasteiger partial charge in [0.25, 0.3) is 0 Å². The van der Waals surface area contributed by atoms with Crippen LogP contribution in [0.5, 0.6) is 0 Å². The van der Waals surface area contributed by atoms with Crippen LogP contribution in [0, 0.1) is 30.5 Å². The molecular weight excluding hydrogens is 463 g/mol. The second kappa shape index (κ2) is 11.0. The van der Waals surface area contributed by atoms with Gasteiger partial charge in [0.2, 0.25) is 0 Å². The van der Waals surface area contributed by atoms with E-state index in [0.29, 0.717) is 41.7 Å². The van der Waals surface area contributed by atoms with E-state index in [1.807, 2.05) is 0 Å². The lowest BCUT2D eigenvalue weighted by Crippen LogP contribution is -2.47. The number of rotatable bonds is 7. The number of hydrogen-bond acceptors (Lipinski definition) is 3. The van der Waals surface area contributed by atoms with E-state index in [9.17, 15) is 19.7 Å². The molecule has 0 atom stereocenters. The average molecular weight is 509 g/mol. The van der Waals surface area contributed by atoms with Crippen LogP contribution in [0.1, 0.15) is 121 Å². The summed E-state index contributed by atoms with van der Waals surface area (Å²) < 4.78 is 14.8. The first-order chi connectivity index (χ1) is 16.6. The number of halogens is 2. The van der Waals surface area contributed by atoms with Crippen molar-refractivity contribution in [2.24, 2.45) is 17.8 Å². The minimum atomic E-state index is -1.14. The van der Waals surface area contributed by atoms with Gasteiger partial charge in [-0.05, 0) is 114 Å². The Balaban J connectivity index is 1.27. The van der Waals surface area contributed by atoms with Gasteiger partial charge in [-0.3, -0.25) is 0 Å². The molecule has 3 aliphatic rings. The van der Waals surface area contributed by atoms with Crippen molar-refractivity contribution in [3.8, 4) is 0 Å². The minimum absolute atomic E-state index is 0.117. The van der Waals surface area contributed by atoms with Crippen LogP contribution in [-0.2, 0) is 5.60 Å². The van der Waals surface area contributed by atoms with Crippen LogP contribution >= 0.6 is 11.6 Å². The second-order valence-corrected chi connectivity index (χ2v) is 12.7. The summed E-state index contributed by atoms with van der Waals surface area (Å²) in [5.74, 6) is 0.931. The van der Waals surface area contributed by atoms with E-state index in [0.717, 1.165) is 77.0 Å². The number of hydrogen-bond donors (Lipinski definition) is 3. The molecule has 198 valence electrons. The van der Waals surface area contributed by atoms with Gasteiger partial charge in [0, 0.05) is 5.56 Å². The van der Waals surface area contributed by atoms with Crippen molar-refractivity contribution in [1.82, 2.24) is 0 Å². The molecule has 0 bridgehead atoms. The van der Waals surface area contributed by atoms with E-state index < -0.39 is 22.6 Å². The van der Waals surface area contributed by atoms with Crippen molar-refractivity contribution in [3.63, 3.8) is 0 Å². The van der Waals surface area contributed by atoms with Gasteiger partial charge in [0.15, 0.2) is 0 Å². The highest BCUT2D eigenvalue weighted by atomic mass is 35.5. The average Bonchev–Trinajstić information content (AvgIpc) is 2.84. The maximum atomic E-state index is 14.8. The lowest BCUT2D eigenvalue weighted by atomic mass is 9.61. The third-order valence-electron chi connectivity index (χ3n) is 10.1. The van der Waals surface area contributed by atoms with Crippen molar-refractivity contribution in [2.75, 3.05) is 0 Å². The van der Waals surface area contributed by atoms with Gasteiger partial charge in [-0.25, -0.2) is 4.39 Å². The summed E-state index contributed by atoms with van der Waals surface area (Å²) >= 11 is 6.13. The second-order valence-electron chi connectivity index (χ2n) is 12.3. The monoisotopic (exact) mass is 508 g/mol. The summed E-state index contributed by atoms with van der Waals surface area (Å²) in [7, 11) is 0. The van der Waals surface area contributed by atoms with E-state index in [1.54, 1.807) is 19.1 Å². The van der Waals surface area contributed by atoms with E-state index >= 15 is 0 Å². The lowest BCUT2D eigenvalue weighted by Gasteiger charge is -2.48. The third kappa shape index (κ3) is 5.92. The Bertz CT molecular complexity index is 847. The summed E-state index contributed by atoms with van der Waals surface area (Å²) in [6.45, 7) is 3.97. The van der Waals surface area contributed by atoms with E-state index in [1.165, 1.54) is 12.8 Å². The molecule has 0 amide bonds. The first-order valence-electron chi connectivity index (χ1n) is 14.2. The SMILES string of the molecule is CCCCCC1(O)CCC(C2(O)CCC([C@H]3CC[C@](O)(c4ccc(C)c(Cl)c4F)CC3)CC2)CC1. The highest BCUT2D eigenvalue weighted by Gasteiger charge is 2.46. The molecule has 35 heavy (non-hydrogen) atoms. The van der Waals surface area contributed by atoms with Gasteiger partial charge in [0.1, 0.15) is 5.82 Å². The number of benzene rings is 1. The predicted octanol–water partition coefficient (Wildman–Crippen LogP) is 7.59. The van der Waals surface area contributed by atoms with Crippen LogP contribution in [0.3, 0.4) is 0 Å². The molecule has 1 aromatic rings. The smallest absolute Gasteiger partial charge is 0.148 e. The minimum Gasteiger partial charge on any atom is -0.390 e. The van der Waals surface area contributed by atoms with Crippen LogP contribution in [0.2, 0.25) is 5.02 Å². The molecule has 0 heterocycles. The summed E-state index contributed by atoms with van der Waals surface area (Å²) in [6, 6.07) is 3.50. The molecule has 4 rings (SSSR count). The topological polar surface area (TPSA) is 60.7 Å². The van der Waals surface area contributed by atoms with Gasteiger partial charge in [-0.15, -0.1) is 0 Å². The molecule has 0 saturated heterocycles. The Labute approximate surface area is 216 Å². The molecular formula is C30H46ClFO3. The molecule has 3 saturated carbocycles. The third-order valence-corrected chi connectivity index (χ3v) is 10.6. The Hall–Kier alpha value is -0.680. The van der Waals surface area contributed by atoms with Crippen LogP contribution in [0.4, 0.5) is 4.39 Å². The molecule has 0 radical (unpaired) electrons. The van der Waals surface area contributed by atoms with Crippen LogP contribution in [0.25, 0.3) is 0 Å². The van der Waals surface area contributed by atoms with E-state index in [2.05, 4.69) is 6.92 Å². The van der Waals surface area contributed by atoms with Crippen molar-refractivity contribution in [3.05, 3.63) is 34.1 Å². The molecule has 3 nitrogen and oxygen atoms in total. The normalized spacial score (nSPS) is 38.4. The lowest BCUT2D eigenvalue weighted by molar-refractivity contribution is -0.107. The molecule has 0 unspecified atom stereocenters. The predicted molar refractivity (Wildman–Crippen MR) is 140 cm³/mol. The Morgan fingerprint density at radius 1 is 0.857 bits per heavy atom. The first kappa shape index (κ1) is 27.4. The van der Waals surface area contributed by atoms with Crippen molar-refractivity contribution >= 4 is 11.6 Å². The maximum absolute atomic E-state index is 14.8. The first-order valence-corrected chi connectivity index (χ1v) is 14.6. The fraction of sp³-hybridized carbons (Fsp3) is 0.800. The fourth-order valence-electron chi connectivity index (χ4n) is 7.53. The number of aryl methyl sites for hydroxylation is 1. The van der Waals surface area contributed by atoms with E-state index in [4.69, 9.17) is 11.6 Å². The van der Waals surface area contributed by atoms with Crippen molar-refractivity contribution < 1.29 is 19.7 Å². The van der Waals surface area contributed by atoms with Gasteiger partial charge in [-0.1, -0.05) is 49.9 Å². The number of aliphatic hydroxyl groups is 3. The highest BCUT2D eigenvalue weighted by molar-refractivity contribution is 6.31. The zero-order valence-corrected chi connectivity index (χ0v) is 22.6. The van der Waals surface area contributed by atoms with Crippen LogP contribution in [-0.4, -0.2) is 26.5 Å². The highest BCUT2D eigenvalue weighted by Crippen LogP contribution is 2.51. The molecule has 0 aliphatic heterocycles. The van der Waals surface area contributed by atoms with Crippen molar-refractivity contribution in [2.45, 2.75) is 133 Å². The Morgan fingerprint density at radius 3 is 2.00 bits per heavy atom. The zero-order valence-electron chi connectivity index (χ0n) is 21.8. The van der Waals surface area contributed by atoms with E-state index in [-0.39, 0.29) is 5.02 Å². The Kier molecular flexibility index (Phi) is 8.58. The fourth-order valence-corrected chi connectivity index (χ4v) is 7.69. The molecule has 0 spiro atoms. The standard InChI is InChI=1S/C30H46ClFO3/c1-3-4-5-14-28(33)15-12-24(13-16-28)29(34)17-8-22(9-18-29)23-10-19-30(35,20-11-23)25-7-6-21(2)26(31)27(25)32/h6-7,22-24,33-35H,3-5,8-20H2,1-2H3/t22?,23-,24?,28?,29?,30+. The maximum Gasteiger partial charge on any atom is 0.148 e. The summed E-state index contributed by atoms with van der Waals surface area (Å²) in [4.78, 5) is 0. The van der Waals surface area contributed by atoms with Gasteiger partial charge in [-0.2, -0.15) is 0 Å². The molecule has 3 fully saturated rings. The summed E-state index contributed by atoms with van der Waals surface area (Å²) in [5, 5.41) is 33.9. The van der Waals surface area contributed by atoms with Gasteiger partial charge < -0.3 is 15.3 Å². The van der Waals surface area contributed by atoms with Crippen LogP contribution < -0.4 is 0 Å².